The number of carbonyl (C=O) groups excluding carboxylic acids is 2. The monoisotopic (exact) mass is 362 g/mol. The lowest BCUT2D eigenvalue weighted by molar-refractivity contribution is -0.123. The summed E-state index contributed by atoms with van der Waals surface area (Å²) in [5.74, 6) is 0.287. The van der Waals surface area contributed by atoms with Crippen LogP contribution in [0.3, 0.4) is 0 Å². The van der Waals surface area contributed by atoms with Gasteiger partial charge in [-0.3, -0.25) is 24.7 Å². The van der Waals surface area contributed by atoms with Gasteiger partial charge >= 0.3 is 0 Å². The number of hydrogen-bond acceptors (Lipinski definition) is 6. The first-order valence-electron chi connectivity index (χ1n) is 9.18. The number of likely N-dealkylation sites (N-methyl/N-ethyl adjacent to an activating group) is 1. The number of nitrogens with one attached hydrogen (secondary N) is 2. The molecule has 0 saturated carbocycles. The highest BCUT2D eigenvalue weighted by molar-refractivity contribution is 5.93. The predicted molar refractivity (Wildman–Crippen MR) is 101 cm³/mol. The molecule has 1 fully saturated rings. The third kappa shape index (κ3) is 6.03. The Hall–Kier alpha value is -2.06. The quantitative estimate of drug-likeness (QED) is 0.743. The van der Waals surface area contributed by atoms with E-state index in [1.165, 1.54) is 0 Å². The third-order valence-corrected chi connectivity index (χ3v) is 4.69. The molecule has 0 radical (unpaired) electrons. The van der Waals surface area contributed by atoms with Gasteiger partial charge in [-0.15, -0.1) is 0 Å². The first-order valence-corrected chi connectivity index (χ1v) is 9.18. The second-order valence-corrected chi connectivity index (χ2v) is 7.14. The van der Waals surface area contributed by atoms with Gasteiger partial charge in [0.1, 0.15) is 0 Å². The smallest absolute Gasteiger partial charge is 0.243 e. The van der Waals surface area contributed by atoms with Gasteiger partial charge in [-0.1, -0.05) is 0 Å². The lowest BCUT2D eigenvalue weighted by Crippen LogP contribution is -2.51. The van der Waals surface area contributed by atoms with E-state index in [-0.39, 0.29) is 23.9 Å². The predicted octanol–water partition coefficient (Wildman–Crippen LogP) is 0.724. The van der Waals surface area contributed by atoms with E-state index < -0.39 is 0 Å². The van der Waals surface area contributed by atoms with Gasteiger partial charge in [0.2, 0.25) is 17.8 Å². The average molecular weight is 362 g/mol. The minimum Gasteiger partial charge on any atom is -0.353 e. The van der Waals surface area contributed by atoms with Crippen LogP contribution in [0.15, 0.2) is 18.5 Å². The summed E-state index contributed by atoms with van der Waals surface area (Å²) < 4.78 is 0. The number of piperidine rings is 1. The molecule has 0 spiro atoms. The van der Waals surface area contributed by atoms with Crippen LogP contribution in [0, 0.1) is 0 Å². The fraction of sp³-hybridized carbons (Fsp3) is 0.667. The number of aromatic nitrogens is 2. The lowest BCUT2D eigenvalue weighted by Gasteiger charge is -2.38. The summed E-state index contributed by atoms with van der Waals surface area (Å²) in [6.07, 6.45) is 5.07. The van der Waals surface area contributed by atoms with E-state index in [2.05, 4.69) is 30.4 Å². The minimum atomic E-state index is -0.241. The number of likely N-dealkylation sites (tertiary alicyclic amines) is 1. The molecule has 8 nitrogen and oxygen atoms in total. The van der Waals surface area contributed by atoms with Gasteiger partial charge in [0.25, 0.3) is 0 Å². The lowest BCUT2D eigenvalue weighted by atomic mass is 10.0. The van der Waals surface area contributed by atoms with Crippen molar-refractivity contribution >= 4 is 17.8 Å². The van der Waals surface area contributed by atoms with Gasteiger partial charge in [-0.05, 0) is 46.7 Å². The van der Waals surface area contributed by atoms with Crippen LogP contribution in [0.2, 0.25) is 0 Å². The fourth-order valence-corrected chi connectivity index (χ4v) is 3.18. The largest absolute Gasteiger partial charge is 0.353 e. The summed E-state index contributed by atoms with van der Waals surface area (Å²) in [7, 11) is 1.99. The third-order valence-electron chi connectivity index (χ3n) is 4.69. The molecule has 0 bridgehead atoms. The van der Waals surface area contributed by atoms with Crippen molar-refractivity contribution in [2.75, 3.05) is 32.0 Å². The molecular formula is C18H30N6O2. The van der Waals surface area contributed by atoms with E-state index in [1.807, 2.05) is 27.8 Å². The average Bonchev–Trinajstić information content (AvgIpc) is 2.61. The minimum absolute atomic E-state index is 0.0561. The Morgan fingerprint density at radius 2 is 1.85 bits per heavy atom. The van der Waals surface area contributed by atoms with Crippen LogP contribution in [0.1, 0.15) is 33.6 Å². The second kappa shape index (κ2) is 9.59. The highest BCUT2D eigenvalue weighted by atomic mass is 16.2. The Labute approximate surface area is 155 Å². The van der Waals surface area contributed by atoms with Crippen molar-refractivity contribution in [1.29, 1.82) is 0 Å². The topological polar surface area (TPSA) is 90.5 Å². The molecule has 1 aliphatic heterocycles. The zero-order valence-corrected chi connectivity index (χ0v) is 16.1. The van der Waals surface area contributed by atoms with E-state index >= 15 is 0 Å². The highest BCUT2D eigenvalue weighted by Gasteiger charge is 2.29. The van der Waals surface area contributed by atoms with Crippen molar-refractivity contribution in [2.45, 2.75) is 51.7 Å². The van der Waals surface area contributed by atoms with Gasteiger partial charge < -0.3 is 5.32 Å². The van der Waals surface area contributed by atoms with Crippen LogP contribution < -0.4 is 10.6 Å². The van der Waals surface area contributed by atoms with Crippen molar-refractivity contribution in [2.24, 2.45) is 0 Å². The van der Waals surface area contributed by atoms with Crippen LogP contribution in [-0.4, -0.2) is 76.4 Å². The molecule has 1 aliphatic rings. The van der Waals surface area contributed by atoms with Gasteiger partial charge in [0, 0.05) is 37.6 Å². The maximum atomic E-state index is 12.4. The summed E-state index contributed by atoms with van der Waals surface area (Å²) in [4.78, 5) is 36.6. The molecule has 8 heteroatoms. The fourth-order valence-electron chi connectivity index (χ4n) is 3.18. The normalized spacial score (nSPS) is 17.3. The second-order valence-electron chi connectivity index (χ2n) is 7.14. The molecule has 1 atom stereocenters. The molecule has 1 aromatic heterocycles. The van der Waals surface area contributed by atoms with Crippen molar-refractivity contribution < 1.29 is 9.59 Å². The molecule has 0 aromatic carbocycles. The van der Waals surface area contributed by atoms with E-state index in [0.717, 1.165) is 25.9 Å². The maximum Gasteiger partial charge on any atom is 0.243 e. The molecule has 0 unspecified atom stereocenters. The molecule has 144 valence electrons. The summed E-state index contributed by atoms with van der Waals surface area (Å²) in [6, 6.07) is 1.99. The maximum absolute atomic E-state index is 12.4. The Morgan fingerprint density at radius 3 is 2.42 bits per heavy atom. The van der Waals surface area contributed by atoms with Crippen molar-refractivity contribution in [3.05, 3.63) is 18.5 Å². The molecule has 2 rings (SSSR count). The molecule has 0 aliphatic carbocycles. The van der Waals surface area contributed by atoms with Gasteiger partial charge in [-0.25, -0.2) is 9.97 Å². The molecule has 2 N–H and O–H groups in total. The van der Waals surface area contributed by atoms with Crippen LogP contribution in [0.5, 0.6) is 0 Å². The van der Waals surface area contributed by atoms with Gasteiger partial charge in [0.15, 0.2) is 0 Å². The highest BCUT2D eigenvalue weighted by Crippen LogP contribution is 2.17. The van der Waals surface area contributed by atoms with E-state index in [0.29, 0.717) is 18.5 Å². The number of hydrogen-bond donors (Lipinski definition) is 2. The zero-order valence-electron chi connectivity index (χ0n) is 16.1. The Balaban J connectivity index is 1.78. The standard InChI is InChI=1S/C18H30N6O2/c1-13(2)21-16(25)12-23(4)15-6-10-24(11-7-15)14(3)17(26)22-18-19-8-5-9-20-18/h5,8-9,13-15H,6-7,10-12H2,1-4H3,(H,21,25)(H,19,20,22,26)/t14-/m1/s1. The zero-order chi connectivity index (χ0) is 19.1. The summed E-state index contributed by atoms with van der Waals surface area (Å²) >= 11 is 0. The Kier molecular flexibility index (Phi) is 7.47. The molecule has 1 saturated heterocycles. The first kappa shape index (κ1) is 20.3. The number of rotatable bonds is 7. The number of amides is 2. The van der Waals surface area contributed by atoms with Gasteiger partial charge in [0.05, 0.1) is 12.6 Å². The Bertz CT molecular complexity index is 587. The number of nitrogens with zero attached hydrogens (tertiary/aromatic N) is 4. The van der Waals surface area contributed by atoms with Crippen molar-refractivity contribution in [1.82, 2.24) is 25.1 Å². The molecule has 26 heavy (non-hydrogen) atoms. The van der Waals surface area contributed by atoms with E-state index in [9.17, 15) is 9.59 Å². The summed E-state index contributed by atoms with van der Waals surface area (Å²) in [5, 5.41) is 5.67. The Morgan fingerprint density at radius 1 is 1.23 bits per heavy atom. The molecule has 2 amide bonds. The van der Waals surface area contributed by atoms with Crippen LogP contribution in [0.4, 0.5) is 5.95 Å². The van der Waals surface area contributed by atoms with Gasteiger partial charge in [-0.2, -0.15) is 0 Å². The van der Waals surface area contributed by atoms with Crippen molar-refractivity contribution in [3.63, 3.8) is 0 Å². The molecule has 2 heterocycles. The van der Waals surface area contributed by atoms with Crippen LogP contribution in [0.25, 0.3) is 0 Å². The van der Waals surface area contributed by atoms with Crippen LogP contribution in [-0.2, 0) is 9.59 Å². The summed E-state index contributed by atoms with van der Waals surface area (Å²) in [6.45, 7) is 7.88. The van der Waals surface area contributed by atoms with E-state index in [1.54, 1.807) is 18.5 Å². The first-order chi connectivity index (χ1) is 12.4. The number of anilines is 1. The van der Waals surface area contributed by atoms with E-state index in [4.69, 9.17) is 0 Å². The SMILES string of the molecule is CC(C)NC(=O)CN(C)C1CCN([C@H](C)C(=O)Nc2ncccn2)CC1. The molecular weight excluding hydrogens is 332 g/mol. The number of carbonyl (C=O) groups is 2. The van der Waals surface area contributed by atoms with Crippen LogP contribution >= 0.6 is 0 Å². The molecule has 1 aromatic rings. The summed E-state index contributed by atoms with van der Waals surface area (Å²) in [5.41, 5.74) is 0. The van der Waals surface area contributed by atoms with Crippen molar-refractivity contribution in [3.8, 4) is 0 Å².